The summed E-state index contributed by atoms with van der Waals surface area (Å²) >= 11 is 0. The first-order valence-electron chi connectivity index (χ1n) is 5.55. The minimum Gasteiger partial charge on any atom is -0.397 e. The van der Waals surface area contributed by atoms with Gasteiger partial charge in [0.15, 0.2) is 0 Å². The second kappa shape index (κ2) is 4.71. The molecule has 1 aliphatic heterocycles. The van der Waals surface area contributed by atoms with Gasteiger partial charge in [-0.05, 0) is 30.5 Å². The van der Waals surface area contributed by atoms with Crippen LogP contribution in [0.15, 0.2) is 18.2 Å². The van der Waals surface area contributed by atoms with Crippen LogP contribution < -0.4 is 11.1 Å². The maximum absolute atomic E-state index is 13.0. The third-order valence-corrected chi connectivity index (χ3v) is 2.92. The monoisotopic (exact) mass is 238 g/mol. The Balaban J connectivity index is 2.10. The summed E-state index contributed by atoms with van der Waals surface area (Å²) in [4.78, 5) is 11.9. The van der Waals surface area contributed by atoms with Crippen LogP contribution in [-0.4, -0.2) is 18.6 Å². The molecule has 1 aliphatic rings. The molecule has 4 nitrogen and oxygen atoms in total. The highest BCUT2D eigenvalue weighted by Crippen LogP contribution is 2.24. The van der Waals surface area contributed by atoms with Gasteiger partial charge < -0.3 is 15.8 Å². The molecule has 0 bridgehead atoms. The number of hydrogen-bond donors (Lipinski definition) is 2. The summed E-state index contributed by atoms with van der Waals surface area (Å²) < 4.78 is 18.3. The number of benzene rings is 1. The van der Waals surface area contributed by atoms with Crippen LogP contribution in [-0.2, 0) is 9.53 Å². The molecule has 92 valence electrons. The van der Waals surface area contributed by atoms with Gasteiger partial charge in [0.1, 0.15) is 11.9 Å². The highest BCUT2D eigenvalue weighted by molar-refractivity contribution is 5.97. The van der Waals surface area contributed by atoms with E-state index in [0.29, 0.717) is 12.3 Å². The predicted molar refractivity (Wildman–Crippen MR) is 63.0 cm³/mol. The Morgan fingerprint density at radius 1 is 1.59 bits per heavy atom. The molecule has 0 spiro atoms. The number of hydrogen-bond acceptors (Lipinski definition) is 3. The number of carbonyl (C=O) groups is 1. The second-order valence-corrected chi connectivity index (χ2v) is 4.28. The number of nitrogens with one attached hydrogen (secondary N) is 1. The van der Waals surface area contributed by atoms with Gasteiger partial charge >= 0.3 is 0 Å². The van der Waals surface area contributed by atoms with Crippen LogP contribution in [0.1, 0.15) is 13.3 Å². The van der Waals surface area contributed by atoms with Crippen LogP contribution >= 0.6 is 0 Å². The van der Waals surface area contributed by atoms with Gasteiger partial charge in [0.2, 0.25) is 0 Å². The molecule has 0 aliphatic carbocycles. The fourth-order valence-electron chi connectivity index (χ4n) is 1.87. The third-order valence-electron chi connectivity index (χ3n) is 2.92. The highest BCUT2D eigenvalue weighted by atomic mass is 19.1. The Bertz CT molecular complexity index is 437. The van der Waals surface area contributed by atoms with Crippen molar-refractivity contribution in [3.63, 3.8) is 0 Å². The average Bonchev–Trinajstić information content (AvgIpc) is 2.70. The van der Waals surface area contributed by atoms with Crippen LogP contribution in [0.3, 0.4) is 0 Å². The van der Waals surface area contributed by atoms with E-state index in [0.717, 1.165) is 6.42 Å². The number of halogens is 1. The van der Waals surface area contributed by atoms with E-state index in [9.17, 15) is 9.18 Å². The molecule has 0 aromatic heterocycles. The molecule has 1 heterocycles. The Hall–Kier alpha value is -1.62. The molecule has 0 radical (unpaired) electrons. The summed E-state index contributed by atoms with van der Waals surface area (Å²) in [5.41, 5.74) is 6.28. The van der Waals surface area contributed by atoms with Gasteiger partial charge in [-0.25, -0.2) is 4.39 Å². The molecule has 2 atom stereocenters. The Kier molecular flexibility index (Phi) is 3.28. The number of carbonyl (C=O) groups excluding carboxylic acids is 1. The first-order valence-corrected chi connectivity index (χ1v) is 5.55. The lowest BCUT2D eigenvalue weighted by Crippen LogP contribution is -2.31. The predicted octanol–water partition coefficient (Wildman–Crippen LogP) is 1.77. The average molecular weight is 238 g/mol. The quantitative estimate of drug-likeness (QED) is 0.772. The van der Waals surface area contributed by atoms with E-state index >= 15 is 0 Å². The van der Waals surface area contributed by atoms with E-state index in [-0.39, 0.29) is 17.5 Å². The van der Waals surface area contributed by atoms with Crippen molar-refractivity contribution in [2.24, 2.45) is 5.92 Å². The largest absolute Gasteiger partial charge is 0.397 e. The summed E-state index contributed by atoms with van der Waals surface area (Å²) in [6, 6.07) is 3.87. The molecule has 1 amide bonds. The molecule has 3 N–H and O–H groups in total. The fraction of sp³-hybridized carbons (Fsp3) is 0.417. The Morgan fingerprint density at radius 3 is 3.00 bits per heavy atom. The number of anilines is 2. The van der Waals surface area contributed by atoms with E-state index in [1.165, 1.54) is 18.2 Å². The minimum atomic E-state index is -0.474. The fourth-order valence-corrected chi connectivity index (χ4v) is 1.87. The lowest BCUT2D eigenvalue weighted by molar-refractivity contribution is -0.126. The standard InChI is InChI=1S/C12H15FN2O2/c1-7-4-5-17-11(7)12(16)15-10-6-8(13)2-3-9(10)14/h2-3,6-7,11H,4-5,14H2,1H3,(H,15,16). The molecule has 2 unspecified atom stereocenters. The van der Waals surface area contributed by atoms with Gasteiger partial charge in [0, 0.05) is 6.61 Å². The first kappa shape index (κ1) is 11.9. The number of nitrogen functional groups attached to an aromatic ring is 1. The number of rotatable bonds is 2. The van der Waals surface area contributed by atoms with Crippen molar-refractivity contribution in [2.45, 2.75) is 19.4 Å². The zero-order valence-corrected chi connectivity index (χ0v) is 9.57. The SMILES string of the molecule is CC1CCOC1C(=O)Nc1cc(F)ccc1N. The Labute approximate surface area is 98.9 Å². The second-order valence-electron chi connectivity index (χ2n) is 4.28. The summed E-state index contributed by atoms with van der Waals surface area (Å²) in [6.45, 7) is 2.53. The van der Waals surface area contributed by atoms with Gasteiger partial charge in [0.05, 0.1) is 11.4 Å². The maximum atomic E-state index is 13.0. The zero-order chi connectivity index (χ0) is 12.4. The van der Waals surface area contributed by atoms with E-state index in [1.807, 2.05) is 6.92 Å². The summed E-state index contributed by atoms with van der Waals surface area (Å²) in [7, 11) is 0. The summed E-state index contributed by atoms with van der Waals surface area (Å²) in [6.07, 6.45) is 0.383. The number of nitrogens with two attached hydrogens (primary N) is 1. The normalized spacial score (nSPS) is 23.6. The highest BCUT2D eigenvalue weighted by Gasteiger charge is 2.31. The molecule has 1 fully saturated rings. The molecule has 1 saturated heterocycles. The Morgan fingerprint density at radius 2 is 2.35 bits per heavy atom. The molecular weight excluding hydrogens is 223 g/mol. The van der Waals surface area contributed by atoms with E-state index in [2.05, 4.69) is 5.32 Å². The molecule has 2 rings (SSSR count). The third kappa shape index (κ3) is 2.55. The molecule has 17 heavy (non-hydrogen) atoms. The lowest BCUT2D eigenvalue weighted by Gasteiger charge is -2.15. The van der Waals surface area contributed by atoms with E-state index in [1.54, 1.807) is 0 Å². The van der Waals surface area contributed by atoms with Crippen LogP contribution in [0, 0.1) is 11.7 Å². The van der Waals surface area contributed by atoms with Crippen LogP contribution in [0.4, 0.5) is 15.8 Å². The topological polar surface area (TPSA) is 64.3 Å². The van der Waals surface area contributed by atoms with Crippen molar-refractivity contribution in [1.29, 1.82) is 0 Å². The zero-order valence-electron chi connectivity index (χ0n) is 9.57. The molecule has 5 heteroatoms. The summed E-state index contributed by atoms with van der Waals surface area (Å²) in [5.74, 6) is -0.535. The van der Waals surface area contributed by atoms with Gasteiger partial charge in [0.25, 0.3) is 5.91 Å². The lowest BCUT2D eigenvalue weighted by atomic mass is 10.0. The smallest absolute Gasteiger partial charge is 0.253 e. The van der Waals surface area contributed by atoms with Crippen LogP contribution in [0.5, 0.6) is 0 Å². The molecule has 1 aromatic carbocycles. The van der Waals surface area contributed by atoms with Gasteiger partial charge in [-0.3, -0.25) is 4.79 Å². The maximum Gasteiger partial charge on any atom is 0.253 e. The van der Waals surface area contributed by atoms with Crippen LogP contribution in [0.2, 0.25) is 0 Å². The number of amides is 1. The molecule has 0 saturated carbocycles. The molecule has 1 aromatic rings. The first-order chi connectivity index (χ1) is 8.08. The van der Waals surface area contributed by atoms with E-state index in [4.69, 9.17) is 10.5 Å². The number of ether oxygens (including phenoxy) is 1. The van der Waals surface area contributed by atoms with Crippen molar-refractivity contribution in [2.75, 3.05) is 17.7 Å². The molecular formula is C12H15FN2O2. The van der Waals surface area contributed by atoms with Gasteiger partial charge in [-0.15, -0.1) is 0 Å². The minimum absolute atomic E-state index is 0.171. The van der Waals surface area contributed by atoms with Crippen LogP contribution in [0.25, 0.3) is 0 Å². The van der Waals surface area contributed by atoms with Crippen molar-refractivity contribution in [3.8, 4) is 0 Å². The van der Waals surface area contributed by atoms with Gasteiger partial charge in [-0.1, -0.05) is 6.92 Å². The van der Waals surface area contributed by atoms with Crippen molar-refractivity contribution < 1.29 is 13.9 Å². The van der Waals surface area contributed by atoms with Crippen molar-refractivity contribution in [3.05, 3.63) is 24.0 Å². The van der Waals surface area contributed by atoms with Gasteiger partial charge in [-0.2, -0.15) is 0 Å². The van der Waals surface area contributed by atoms with Crippen molar-refractivity contribution in [1.82, 2.24) is 0 Å². The van der Waals surface area contributed by atoms with E-state index < -0.39 is 11.9 Å². The van der Waals surface area contributed by atoms with Crippen molar-refractivity contribution >= 4 is 17.3 Å². The summed E-state index contributed by atoms with van der Waals surface area (Å²) in [5, 5.41) is 2.59.